The number of carbonyl (C=O) groups is 1. The minimum Gasteiger partial charge on any atom is -0.293 e. The number of rotatable bonds is 2. The Kier molecular flexibility index (Phi) is 3.21. The monoisotopic (exact) mass is 237 g/mol. The van der Waals surface area contributed by atoms with Crippen LogP contribution in [-0.2, 0) is 0 Å². The molecule has 66 valence electrons. The first-order chi connectivity index (χ1) is 6.20. The van der Waals surface area contributed by atoms with Gasteiger partial charge in [-0.3, -0.25) is 4.79 Å². The van der Waals surface area contributed by atoms with Crippen molar-refractivity contribution in [3.05, 3.63) is 34.9 Å². The summed E-state index contributed by atoms with van der Waals surface area (Å²) >= 11 is 3.08. The highest BCUT2D eigenvalue weighted by Crippen LogP contribution is 2.14. The lowest BCUT2D eigenvalue weighted by Gasteiger charge is -2.02. The molecule has 0 heterocycles. The SMILES string of the molecule is Cc1cccc(C(=O)CBr)c1C#N. The third-order valence-corrected chi connectivity index (χ3v) is 2.32. The summed E-state index contributed by atoms with van der Waals surface area (Å²) in [7, 11) is 0. The largest absolute Gasteiger partial charge is 0.293 e. The molecule has 0 N–H and O–H groups in total. The van der Waals surface area contributed by atoms with Crippen molar-refractivity contribution in [2.75, 3.05) is 5.33 Å². The summed E-state index contributed by atoms with van der Waals surface area (Å²) in [6.45, 7) is 1.82. The van der Waals surface area contributed by atoms with Crippen LogP contribution in [0.5, 0.6) is 0 Å². The van der Waals surface area contributed by atoms with Crippen LogP contribution in [0.25, 0.3) is 0 Å². The summed E-state index contributed by atoms with van der Waals surface area (Å²) in [6, 6.07) is 7.32. The Morgan fingerprint density at radius 1 is 1.62 bits per heavy atom. The number of ketones is 1. The van der Waals surface area contributed by atoms with Crippen LogP contribution in [0, 0.1) is 18.3 Å². The van der Waals surface area contributed by atoms with Crippen LogP contribution >= 0.6 is 15.9 Å². The first kappa shape index (κ1) is 9.94. The van der Waals surface area contributed by atoms with Gasteiger partial charge in [0, 0.05) is 5.56 Å². The van der Waals surface area contributed by atoms with Gasteiger partial charge in [-0.25, -0.2) is 0 Å². The van der Waals surface area contributed by atoms with E-state index in [2.05, 4.69) is 15.9 Å². The fourth-order valence-corrected chi connectivity index (χ4v) is 1.42. The number of benzene rings is 1. The zero-order valence-corrected chi connectivity index (χ0v) is 8.76. The van der Waals surface area contributed by atoms with Gasteiger partial charge in [0.1, 0.15) is 6.07 Å². The molecule has 0 aliphatic heterocycles. The molecule has 0 amide bonds. The zero-order valence-electron chi connectivity index (χ0n) is 7.17. The molecular weight excluding hydrogens is 230 g/mol. The quantitative estimate of drug-likeness (QED) is 0.586. The van der Waals surface area contributed by atoms with Crippen molar-refractivity contribution in [1.82, 2.24) is 0 Å². The third kappa shape index (κ3) is 1.96. The van der Waals surface area contributed by atoms with Gasteiger partial charge in [-0.15, -0.1) is 0 Å². The predicted molar refractivity (Wildman–Crippen MR) is 54.0 cm³/mol. The maximum absolute atomic E-state index is 11.3. The Labute approximate surface area is 85.3 Å². The van der Waals surface area contributed by atoms with Crippen LogP contribution in [0.2, 0.25) is 0 Å². The fourth-order valence-electron chi connectivity index (χ4n) is 1.12. The van der Waals surface area contributed by atoms with Gasteiger partial charge >= 0.3 is 0 Å². The van der Waals surface area contributed by atoms with Gasteiger partial charge in [-0.1, -0.05) is 34.1 Å². The fraction of sp³-hybridized carbons (Fsp3) is 0.200. The van der Waals surface area contributed by atoms with Gasteiger partial charge in [0.2, 0.25) is 0 Å². The molecule has 0 spiro atoms. The lowest BCUT2D eigenvalue weighted by molar-refractivity contribution is 0.102. The highest BCUT2D eigenvalue weighted by molar-refractivity contribution is 9.09. The molecule has 0 aliphatic carbocycles. The maximum Gasteiger partial charge on any atom is 0.174 e. The van der Waals surface area contributed by atoms with Crippen molar-refractivity contribution < 1.29 is 4.79 Å². The van der Waals surface area contributed by atoms with E-state index in [1.807, 2.05) is 19.1 Å². The maximum atomic E-state index is 11.3. The van der Waals surface area contributed by atoms with E-state index in [0.29, 0.717) is 11.1 Å². The molecule has 0 fully saturated rings. The van der Waals surface area contributed by atoms with E-state index in [9.17, 15) is 4.79 Å². The lowest BCUT2D eigenvalue weighted by Crippen LogP contribution is -2.04. The predicted octanol–water partition coefficient (Wildman–Crippen LogP) is 2.44. The highest BCUT2D eigenvalue weighted by Gasteiger charge is 2.10. The Morgan fingerprint density at radius 2 is 2.31 bits per heavy atom. The minimum atomic E-state index is -0.0553. The average molecular weight is 238 g/mol. The van der Waals surface area contributed by atoms with Gasteiger partial charge in [0.05, 0.1) is 10.9 Å². The van der Waals surface area contributed by atoms with Crippen molar-refractivity contribution in [2.45, 2.75) is 6.92 Å². The molecule has 0 saturated carbocycles. The summed E-state index contributed by atoms with van der Waals surface area (Å²) in [6.07, 6.45) is 0. The summed E-state index contributed by atoms with van der Waals surface area (Å²) in [4.78, 5) is 11.3. The number of nitriles is 1. The number of nitrogens with zero attached hydrogens (tertiary/aromatic N) is 1. The molecule has 1 aromatic carbocycles. The normalized spacial score (nSPS) is 9.31. The Balaban J connectivity index is 3.30. The number of alkyl halides is 1. The Hall–Kier alpha value is -1.14. The molecule has 0 aliphatic rings. The van der Waals surface area contributed by atoms with E-state index < -0.39 is 0 Å². The molecule has 0 bridgehead atoms. The highest BCUT2D eigenvalue weighted by atomic mass is 79.9. The second kappa shape index (κ2) is 4.20. The van der Waals surface area contributed by atoms with Crippen molar-refractivity contribution in [3.8, 4) is 6.07 Å². The molecule has 0 radical (unpaired) electrons. The van der Waals surface area contributed by atoms with Crippen LogP contribution in [0.3, 0.4) is 0 Å². The number of hydrogen-bond acceptors (Lipinski definition) is 2. The van der Waals surface area contributed by atoms with Gasteiger partial charge in [0.15, 0.2) is 5.78 Å². The van der Waals surface area contributed by atoms with E-state index in [0.717, 1.165) is 5.56 Å². The molecule has 0 atom stereocenters. The van der Waals surface area contributed by atoms with E-state index in [4.69, 9.17) is 5.26 Å². The topological polar surface area (TPSA) is 40.9 Å². The first-order valence-corrected chi connectivity index (χ1v) is 4.91. The molecule has 0 aromatic heterocycles. The van der Waals surface area contributed by atoms with Crippen LogP contribution in [0.4, 0.5) is 0 Å². The van der Waals surface area contributed by atoms with Crippen LogP contribution in [0.15, 0.2) is 18.2 Å². The zero-order chi connectivity index (χ0) is 9.84. The standard InChI is InChI=1S/C10H8BrNO/c1-7-3-2-4-8(9(7)6-12)10(13)5-11/h2-4H,5H2,1H3. The van der Waals surface area contributed by atoms with Crippen molar-refractivity contribution in [3.63, 3.8) is 0 Å². The van der Waals surface area contributed by atoms with Gasteiger partial charge in [-0.05, 0) is 12.5 Å². The Bertz CT molecular complexity index is 379. The molecule has 2 nitrogen and oxygen atoms in total. The molecule has 1 aromatic rings. The molecule has 13 heavy (non-hydrogen) atoms. The molecule has 0 unspecified atom stereocenters. The van der Waals surface area contributed by atoms with E-state index in [-0.39, 0.29) is 11.1 Å². The van der Waals surface area contributed by atoms with Crippen LogP contribution < -0.4 is 0 Å². The smallest absolute Gasteiger partial charge is 0.174 e. The summed E-state index contributed by atoms with van der Waals surface area (Å²) < 4.78 is 0. The minimum absolute atomic E-state index is 0.0553. The van der Waals surface area contributed by atoms with Crippen molar-refractivity contribution >= 4 is 21.7 Å². The lowest BCUT2D eigenvalue weighted by atomic mass is 10.0. The van der Waals surface area contributed by atoms with E-state index in [1.165, 1.54) is 0 Å². The summed E-state index contributed by atoms with van der Waals surface area (Å²) in [5, 5.41) is 9.08. The second-order valence-corrected chi connectivity index (χ2v) is 3.23. The van der Waals surface area contributed by atoms with Crippen molar-refractivity contribution in [2.24, 2.45) is 0 Å². The molecule has 3 heteroatoms. The number of hydrogen-bond donors (Lipinski definition) is 0. The first-order valence-electron chi connectivity index (χ1n) is 3.79. The van der Waals surface area contributed by atoms with E-state index >= 15 is 0 Å². The molecule has 1 rings (SSSR count). The second-order valence-electron chi connectivity index (χ2n) is 2.67. The molecule has 0 saturated heterocycles. The summed E-state index contributed by atoms with van der Waals surface area (Å²) in [5.41, 5.74) is 1.82. The van der Waals surface area contributed by atoms with E-state index in [1.54, 1.807) is 12.1 Å². The van der Waals surface area contributed by atoms with Crippen LogP contribution in [0.1, 0.15) is 21.5 Å². The Morgan fingerprint density at radius 3 is 2.85 bits per heavy atom. The number of Topliss-reactive ketones (excluding diaryl/α,β-unsaturated/α-hetero) is 1. The number of carbonyl (C=O) groups excluding carboxylic acids is 1. The van der Waals surface area contributed by atoms with Crippen LogP contribution in [-0.4, -0.2) is 11.1 Å². The summed E-state index contributed by atoms with van der Waals surface area (Å²) in [5.74, 6) is -0.0553. The van der Waals surface area contributed by atoms with Gasteiger partial charge in [-0.2, -0.15) is 5.26 Å². The molecular formula is C10H8BrNO. The number of halogens is 1. The average Bonchev–Trinajstić information content (AvgIpc) is 2.16. The third-order valence-electron chi connectivity index (χ3n) is 1.81. The number of aryl methyl sites for hydroxylation is 1. The van der Waals surface area contributed by atoms with Gasteiger partial charge < -0.3 is 0 Å². The van der Waals surface area contributed by atoms with Crippen molar-refractivity contribution in [1.29, 1.82) is 5.26 Å². The van der Waals surface area contributed by atoms with Gasteiger partial charge in [0.25, 0.3) is 0 Å².